The first-order chi connectivity index (χ1) is 12.1. The summed E-state index contributed by atoms with van der Waals surface area (Å²) in [6, 6.07) is 8.04. The molecule has 0 aliphatic carbocycles. The zero-order valence-corrected chi connectivity index (χ0v) is 15.5. The van der Waals surface area contributed by atoms with Crippen molar-refractivity contribution >= 4 is 18.1 Å². The number of aromatic amines is 1. The molecule has 1 atom stereocenters. The molecule has 1 aliphatic rings. The SMILES string of the molecule is CCN(C[C@@H]1CCOC1)C(=O)Cn1c(-c2ccc(C)cc2)n[nH]c1=S. The summed E-state index contributed by atoms with van der Waals surface area (Å²) >= 11 is 5.34. The highest BCUT2D eigenvalue weighted by Crippen LogP contribution is 2.19. The number of benzene rings is 1. The van der Waals surface area contributed by atoms with Crippen LogP contribution in [0.2, 0.25) is 0 Å². The fraction of sp³-hybridized carbons (Fsp3) is 0.500. The van der Waals surface area contributed by atoms with Gasteiger partial charge in [-0.25, -0.2) is 0 Å². The topological polar surface area (TPSA) is 63.1 Å². The Morgan fingerprint density at radius 2 is 2.20 bits per heavy atom. The van der Waals surface area contributed by atoms with E-state index in [1.165, 1.54) is 5.56 Å². The lowest BCUT2D eigenvalue weighted by atomic mass is 10.1. The Morgan fingerprint density at radius 3 is 2.84 bits per heavy atom. The maximum atomic E-state index is 12.8. The maximum Gasteiger partial charge on any atom is 0.242 e. The van der Waals surface area contributed by atoms with Crippen LogP contribution in [0, 0.1) is 17.6 Å². The van der Waals surface area contributed by atoms with Crippen molar-refractivity contribution in [3.8, 4) is 11.4 Å². The summed E-state index contributed by atoms with van der Waals surface area (Å²) in [5.74, 6) is 1.18. The zero-order chi connectivity index (χ0) is 17.8. The van der Waals surface area contributed by atoms with E-state index < -0.39 is 0 Å². The first kappa shape index (κ1) is 17.8. The smallest absolute Gasteiger partial charge is 0.242 e. The lowest BCUT2D eigenvalue weighted by molar-refractivity contribution is -0.132. The molecule has 1 aromatic carbocycles. The second-order valence-corrected chi connectivity index (χ2v) is 6.85. The van der Waals surface area contributed by atoms with E-state index in [4.69, 9.17) is 17.0 Å². The Morgan fingerprint density at radius 1 is 1.44 bits per heavy atom. The van der Waals surface area contributed by atoms with Crippen LogP contribution in [0.1, 0.15) is 18.9 Å². The Kier molecular flexibility index (Phi) is 5.65. The number of hydrogen-bond donors (Lipinski definition) is 1. The molecule has 7 heteroatoms. The molecule has 0 unspecified atom stereocenters. The van der Waals surface area contributed by atoms with Gasteiger partial charge in [0, 0.05) is 31.2 Å². The molecule has 1 saturated heterocycles. The summed E-state index contributed by atoms with van der Waals surface area (Å²) in [4.78, 5) is 14.7. The number of nitrogens with one attached hydrogen (secondary N) is 1. The molecule has 1 amide bonds. The summed E-state index contributed by atoms with van der Waals surface area (Å²) in [7, 11) is 0. The first-order valence-corrected chi connectivity index (χ1v) is 9.07. The number of aromatic nitrogens is 3. The molecule has 6 nitrogen and oxygen atoms in total. The second kappa shape index (κ2) is 7.93. The van der Waals surface area contributed by atoms with E-state index in [-0.39, 0.29) is 12.5 Å². The minimum Gasteiger partial charge on any atom is -0.381 e. The summed E-state index contributed by atoms with van der Waals surface area (Å²) in [5.41, 5.74) is 2.12. The van der Waals surface area contributed by atoms with E-state index in [1.54, 1.807) is 4.57 Å². The molecule has 1 N–H and O–H groups in total. The quantitative estimate of drug-likeness (QED) is 0.805. The van der Waals surface area contributed by atoms with E-state index in [1.807, 2.05) is 43.0 Å². The number of aryl methyl sites for hydroxylation is 1. The van der Waals surface area contributed by atoms with Crippen LogP contribution in [-0.4, -0.2) is 51.9 Å². The standard InChI is InChI=1S/C18H24N4O2S/c1-3-21(10-14-8-9-24-12-14)16(23)11-22-17(19-20-18(22)25)15-6-4-13(2)5-7-15/h4-7,14H,3,8-12H2,1-2H3,(H,20,25)/t14-/m0/s1. The first-order valence-electron chi connectivity index (χ1n) is 8.66. The van der Waals surface area contributed by atoms with Crippen molar-refractivity contribution in [2.24, 2.45) is 5.92 Å². The highest BCUT2D eigenvalue weighted by molar-refractivity contribution is 7.71. The van der Waals surface area contributed by atoms with Crippen LogP contribution >= 0.6 is 12.2 Å². The molecule has 0 spiro atoms. The monoisotopic (exact) mass is 360 g/mol. The summed E-state index contributed by atoms with van der Waals surface area (Å²) in [6.45, 7) is 7.19. The third-order valence-electron chi connectivity index (χ3n) is 4.60. The van der Waals surface area contributed by atoms with Gasteiger partial charge in [-0.2, -0.15) is 5.10 Å². The van der Waals surface area contributed by atoms with Gasteiger partial charge in [0.15, 0.2) is 10.6 Å². The van der Waals surface area contributed by atoms with Crippen LogP contribution in [0.25, 0.3) is 11.4 Å². The molecule has 0 radical (unpaired) electrons. The molecule has 2 heterocycles. The molecule has 1 fully saturated rings. The van der Waals surface area contributed by atoms with Gasteiger partial charge in [0.05, 0.1) is 6.61 Å². The lowest BCUT2D eigenvalue weighted by Crippen LogP contribution is -2.37. The van der Waals surface area contributed by atoms with Gasteiger partial charge >= 0.3 is 0 Å². The van der Waals surface area contributed by atoms with Crippen molar-refractivity contribution < 1.29 is 9.53 Å². The maximum absolute atomic E-state index is 12.8. The lowest BCUT2D eigenvalue weighted by Gasteiger charge is -2.24. The third kappa shape index (κ3) is 4.16. The molecule has 1 aromatic heterocycles. The number of H-pyrrole nitrogens is 1. The number of likely N-dealkylation sites (N-methyl/N-ethyl adjacent to an activating group) is 1. The fourth-order valence-electron chi connectivity index (χ4n) is 3.07. The predicted octanol–water partition coefficient (Wildman–Crippen LogP) is 2.80. The number of carbonyl (C=O) groups excluding carboxylic acids is 1. The second-order valence-electron chi connectivity index (χ2n) is 6.47. The normalized spacial score (nSPS) is 17.0. The van der Waals surface area contributed by atoms with Gasteiger partial charge in [0.1, 0.15) is 6.54 Å². The van der Waals surface area contributed by atoms with Gasteiger partial charge in [-0.05, 0) is 32.5 Å². The van der Waals surface area contributed by atoms with Gasteiger partial charge in [0.25, 0.3) is 0 Å². The molecule has 134 valence electrons. The Bertz CT molecular complexity index is 775. The molecule has 2 aromatic rings. The van der Waals surface area contributed by atoms with Crippen molar-refractivity contribution in [2.45, 2.75) is 26.8 Å². The molecule has 3 rings (SSSR count). The number of ether oxygens (including phenoxy) is 1. The molecule has 0 bridgehead atoms. The van der Waals surface area contributed by atoms with Crippen molar-refractivity contribution in [2.75, 3.05) is 26.3 Å². The largest absolute Gasteiger partial charge is 0.381 e. The van der Waals surface area contributed by atoms with Crippen LogP contribution in [0.5, 0.6) is 0 Å². The van der Waals surface area contributed by atoms with Gasteiger partial charge < -0.3 is 9.64 Å². The zero-order valence-electron chi connectivity index (χ0n) is 14.7. The van der Waals surface area contributed by atoms with Crippen LogP contribution in [0.4, 0.5) is 0 Å². The molecule has 0 saturated carbocycles. The van der Waals surface area contributed by atoms with E-state index in [9.17, 15) is 4.79 Å². The Hall–Kier alpha value is -1.99. The summed E-state index contributed by atoms with van der Waals surface area (Å²) < 4.78 is 7.66. The number of amides is 1. The van der Waals surface area contributed by atoms with Crippen molar-refractivity contribution in [3.05, 3.63) is 34.6 Å². The Balaban J connectivity index is 1.77. The highest BCUT2D eigenvalue weighted by atomic mass is 32.1. The molecular formula is C18H24N4O2S. The summed E-state index contributed by atoms with van der Waals surface area (Å²) in [6.07, 6.45) is 1.02. The molecule has 25 heavy (non-hydrogen) atoms. The van der Waals surface area contributed by atoms with E-state index in [0.717, 1.165) is 31.7 Å². The molecular weight excluding hydrogens is 336 g/mol. The van der Waals surface area contributed by atoms with Crippen LogP contribution in [0.15, 0.2) is 24.3 Å². The van der Waals surface area contributed by atoms with Gasteiger partial charge in [-0.3, -0.25) is 14.5 Å². The fourth-order valence-corrected chi connectivity index (χ4v) is 3.27. The van der Waals surface area contributed by atoms with Gasteiger partial charge in [-0.15, -0.1) is 0 Å². The van der Waals surface area contributed by atoms with Crippen molar-refractivity contribution in [1.29, 1.82) is 0 Å². The van der Waals surface area contributed by atoms with Crippen LogP contribution < -0.4 is 0 Å². The van der Waals surface area contributed by atoms with Crippen molar-refractivity contribution in [1.82, 2.24) is 19.7 Å². The Labute approximate surface area is 152 Å². The minimum atomic E-state index is 0.0558. The predicted molar refractivity (Wildman–Crippen MR) is 98.8 cm³/mol. The van der Waals surface area contributed by atoms with Gasteiger partial charge in [0.2, 0.25) is 5.91 Å². The number of carbonyl (C=O) groups is 1. The highest BCUT2D eigenvalue weighted by Gasteiger charge is 2.22. The van der Waals surface area contributed by atoms with Gasteiger partial charge in [-0.1, -0.05) is 29.8 Å². The minimum absolute atomic E-state index is 0.0558. The average molecular weight is 360 g/mol. The summed E-state index contributed by atoms with van der Waals surface area (Å²) in [5, 5.41) is 7.12. The van der Waals surface area contributed by atoms with Crippen LogP contribution in [0.3, 0.4) is 0 Å². The average Bonchev–Trinajstić information content (AvgIpc) is 3.24. The molecule has 1 aliphatic heterocycles. The number of nitrogens with zero attached hydrogens (tertiary/aromatic N) is 3. The van der Waals surface area contributed by atoms with Crippen molar-refractivity contribution in [3.63, 3.8) is 0 Å². The van der Waals surface area contributed by atoms with E-state index >= 15 is 0 Å². The third-order valence-corrected chi connectivity index (χ3v) is 4.91. The van der Waals surface area contributed by atoms with E-state index in [0.29, 0.717) is 23.1 Å². The van der Waals surface area contributed by atoms with Crippen LogP contribution in [-0.2, 0) is 16.1 Å². The number of rotatable bonds is 6. The van der Waals surface area contributed by atoms with E-state index in [2.05, 4.69) is 10.2 Å². The number of hydrogen-bond acceptors (Lipinski definition) is 4.